The summed E-state index contributed by atoms with van der Waals surface area (Å²) in [6.07, 6.45) is -1.41. The van der Waals surface area contributed by atoms with E-state index in [2.05, 4.69) is 15.5 Å². The zero-order valence-electron chi connectivity index (χ0n) is 17.1. The van der Waals surface area contributed by atoms with Gasteiger partial charge in [-0.2, -0.15) is 4.98 Å². The molecule has 154 valence electrons. The number of aromatic nitrogens is 2. The lowest BCUT2D eigenvalue weighted by Gasteiger charge is -2.31. The first kappa shape index (κ1) is 23.0. The Labute approximate surface area is 159 Å². The van der Waals surface area contributed by atoms with E-state index in [1.807, 2.05) is 48.5 Å². The molecular weight excluding hydrogens is 352 g/mol. The van der Waals surface area contributed by atoms with E-state index >= 15 is 0 Å². The second-order valence-corrected chi connectivity index (χ2v) is 8.61. The molecule has 9 nitrogen and oxygen atoms in total. The topological polar surface area (TPSA) is 138 Å². The van der Waals surface area contributed by atoms with Crippen LogP contribution in [0.3, 0.4) is 0 Å². The van der Waals surface area contributed by atoms with E-state index in [-0.39, 0.29) is 18.3 Å². The van der Waals surface area contributed by atoms with Gasteiger partial charge in [-0.05, 0) is 17.8 Å². The van der Waals surface area contributed by atoms with Gasteiger partial charge in [-0.15, -0.1) is 0 Å². The summed E-state index contributed by atoms with van der Waals surface area (Å²) >= 11 is 0. The predicted molar refractivity (Wildman–Crippen MR) is 97.6 cm³/mol. The molecule has 1 rings (SSSR count). The molecule has 2 amide bonds. The molecule has 1 heterocycles. The number of aliphatic hydroxyl groups excluding tert-OH is 1. The molecular formula is C18H32N4O5. The third kappa shape index (κ3) is 6.28. The summed E-state index contributed by atoms with van der Waals surface area (Å²) in [6, 6.07) is -0.583. The Morgan fingerprint density at radius 2 is 1.74 bits per heavy atom. The van der Waals surface area contributed by atoms with Gasteiger partial charge in [-0.3, -0.25) is 14.8 Å². The van der Waals surface area contributed by atoms with E-state index in [9.17, 15) is 14.7 Å². The second-order valence-electron chi connectivity index (χ2n) is 8.61. The van der Waals surface area contributed by atoms with Gasteiger partial charge < -0.3 is 14.9 Å². The Kier molecular flexibility index (Phi) is 7.91. The summed E-state index contributed by atoms with van der Waals surface area (Å²) in [4.78, 5) is 28.9. The van der Waals surface area contributed by atoms with Crippen LogP contribution in [0.4, 0.5) is 0 Å². The molecule has 0 spiro atoms. The number of carbonyl (C=O) groups is 2. The van der Waals surface area contributed by atoms with Crippen LogP contribution in [0.5, 0.6) is 0 Å². The SMILES string of the molecule is CC(C)CC(C(=O)NC(c1noc(C(C)C)n1)C(C)(C)C)C(O)C(=O)NO. The highest BCUT2D eigenvalue weighted by Crippen LogP contribution is 2.32. The number of hydrogen-bond acceptors (Lipinski definition) is 7. The monoisotopic (exact) mass is 384 g/mol. The molecule has 0 saturated heterocycles. The number of nitrogens with one attached hydrogen (secondary N) is 2. The minimum Gasteiger partial charge on any atom is -0.382 e. The summed E-state index contributed by atoms with van der Waals surface area (Å²) in [5.41, 5.74) is 0.952. The maximum absolute atomic E-state index is 12.9. The summed E-state index contributed by atoms with van der Waals surface area (Å²) in [5.74, 6) is -1.67. The second kappa shape index (κ2) is 9.27. The zero-order chi connectivity index (χ0) is 20.9. The normalized spacial score (nSPS) is 15.5. The average molecular weight is 384 g/mol. The number of nitrogens with zero attached hydrogens (tertiary/aromatic N) is 2. The summed E-state index contributed by atoms with van der Waals surface area (Å²) in [5, 5.41) is 25.8. The van der Waals surface area contributed by atoms with Gasteiger partial charge in [0.05, 0.1) is 12.0 Å². The zero-order valence-corrected chi connectivity index (χ0v) is 17.1. The van der Waals surface area contributed by atoms with Gasteiger partial charge in [0.25, 0.3) is 5.91 Å². The van der Waals surface area contributed by atoms with Crippen molar-refractivity contribution < 1.29 is 24.4 Å². The Bertz CT molecular complexity index is 636. The standard InChI is InChI=1S/C18H32N4O5/c1-9(2)8-11(12(23)16(25)21-26)15(24)19-13(18(5,6)7)14-20-17(10(3)4)27-22-14/h9-13,23,26H,8H2,1-7H3,(H,19,24)(H,21,25). The molecule has 0 aromatic carbocycles. The van der Waals surface area contributed by atoms with Crippen LogP contribution in [0, 0.1) is 17.3 Å². The minimum absolute atomic E-state index is 0.0475. The molecule has 0 aliphatic carbocycles. The lowest BCUT2D eigenvalue weighted by molar-refractivity contribution is -0.147. The lowest BCUT2D eigenvalue weighted by Crippen LogP contribution is -2.48. The number of rotatable bonds is 8. The summed E-state index contributed by atoms with van der Waals surface area (Å²) < 4.78 is 5.25. The van der Waals surface area contributed by atoms with Crippen molar-refractivity contribution in [3.05, 3.63) is 11.7 Å². The van der Waals surface area contributed by atoms with Gasteiger partial charge in [-0.25, -0.2) is 5.48 Å². The number of amides is 2. The van der Waals surface area contributed by atoms with E-state index in [0.717, 1.165) is 0 Å². The van der Waals surface area contributed by atoms with Gasteiger partial charge in [0, 0.05) is 5.92 Å². The first-order chi connectivity index (χ1) is 12.4. The first-order valence-corrected chi connectivity index (χ1v) is 9.14. The molecule has 0 radical (unpaired) electrons. The largest absolute Gasteiger partial charge is 0.382 e. The van der Waals surface area contributed by atoms with E-state index in [1.54, 1.807) is 0 Å². The molecule has 1 aromatic rings. The number of carbonyl (C=O) groups excluding carboxylic acids is 2. The van der Waals surface area contributed by atoms with Crippen molar-refractivity contribution in [3.63, 3.8) is 0 Å². The predicted octanol–water partition coefficient (Wildman–Crippen LogP) is 1.92. The van der Waals surface area contributed by atoms with Gasteiger partial charge in [0.15, 0.2) is 5.82 Å². The lowest BCUT2D eigenvalue weighted by atomic mass is 9.84. The molecule has 0 saturated carbocycles. The highest BCUT2D eigenvalue weighted by atomic mass is 16.5. The van der Waals surface area contributed by atoms with Crippen LogP contribution in [0.15, 0.2) is 4.52 Å². The highest BCUT2D eigenvalue weighted by Gasteiger charge is 2.38. The van der Waals surface area contributed by atoms with Crippen LogP contribution < -0.4 is 10.8 Å². The molecule has 3 atom stereocenters. The maximum Gasteiger partial charge on any atom is 0.272 e. The van der Waals surface area contributed by atoms with Crippen LogP contribution >= 0.6 is 0 Å². The van der Waals surface area contributed by atoms with Crippen molar-refractivity contribution in [2.24, 2.45) is 17.3 Å². The Morgan fingerprint density at radius 3 is 2.15 bits per heavy atom. The molecule has 0 bridgehead atoms. The van der Waals surface area contributed by atoms with Gasteiger partial charge in [0.1, 0.15) is 6.10 Å². The van der Waals surface area contributed by atoms with Gasteiger partial charge in [-0.1, -0.05) is 53.6 Å². The molecule has 27 heavy (non-hydrogen) atoms. The van der Waals surface area contributed by atoms with Crippen LogP contribution in [-0.4, -0.2) is 38.4 Å². The van der Waals surface area contributed by atoms with Crippen molar-refractivity contribution in [1.29, 1.82) is 0 Å². The third-order valence-electron chi connectivity index (χ3n) is 4.18. The van der Waals surface area contributed by atoms with E-state index in [1.165, 1.54) is 5.48 Å². The molecule has 1 aromatic heterocycles. The maximum atomic E-state index is 12.9. The van der Waals surface area contributed by atoms with Gasteiger partial charge in [0.2, 0.25) is 11.8 Å². The number of aliphatic hydroxyl groups is 1. The van der Waals surface area contributed by atoms with E-state index in [4.69, 9.17) is 9.73 Å². The van der Waals surface area contributed by atoms with Crippen LogP contribution in [-0.2, 0) is 9.59 Å². The molecule has 0 aliphatic rings. The highest BCUT2D eigenvalue weighted by molar-refractivity contribution is 5.88. The molecule has 0 aliphatic heterocycles. The van der Waals surface area contributed by atoms with Crippen molar-refractivity contribution in [2.45, 2.75) is 73.0 Å². The Hall–Kier alpha value is -2.00. The molecule has 9 heteroatoms. The van der Waals surface area contributed by atoms with Crippen LogP contribution in [0.1, 0.15) is 78.6 Å². The third-order valence-corrected chi connectivity index (χ3v) is 4.18. The fraction of sp³-hybridized carbons (Fsp3) is 0.778. The fourth-order valence-electron chi connectivity index (χ4n) is 2.65. The van der Waals surface area contributed by atoms with E-state index in [0.29, 0.717) is 11.7 Å². The molecule has 3 unspecified atom stereocenters. The summed E-state index contributed by atoms with van der Waals surface area (Å²) in [6.45, 7) is 13.3. The van der Waals surface area contributed by atoms with Crippen molar-refractivity contribution in [3.8, 4) is 0 Å². The van der Waals surface area contributed by atoms with Crippen molar-refractivity contribution in [2.75, 3.05) is 0 Å². The quantitative estimate of drug-likeness (QED) is 0.397. The van der Waals surface area contributed by atoms with Gasteiger partial charge >= 0.3 is 0 Å². The Balaban J connectivity index is 3.13. The summed E-state index contributed by atoms with van der Waals surface area (Å²) in [7, 11) is 0. The average Bonchev–Trinajstić information content (AvgIpc) is 3.04. The molecule has 0 fully saturated rings. The fourth-order valence-corrected chi connectivity index (χ4v) is 2.65. The smallest absolute Gasteiger partial charge is 0.272 e. The molecule has 4 N–H and O–H groups in total. The Morgan fingerprint density at radius 1 is 1.15 bits per heavy atom. The van der Waals surface area contributed by atoms with Crippen LogP contribution in [0.2, 0.25) is 0 Å². The van der Waals surface area contributed by atoms with Crippen LogP contribution in [0.25, 0.3) is 0 Å². The van der Waals surface area contributed by atoms with E-state index < -0.39 is 35.3 Å². The first-order valence-electron chi connectivity index (χ1n) is 9.14. The van der Waals surface area contributed by atoms with Crippen molar-refractivity contribution in [1.82, 2.24) is 20.9 Å². The number of hydrogen-bond donors (Lipinski definition) is 4. The van der Waals surface area contributed by atoms with Crippen molar-refractivity contribution >= 4 is 11.8 Å². The number of hydroxylamine groups is 1. The minimum atomic E-state index is -1.67.